The molecule has 0 aliphatic heterocycles. The van der Waals surface area contributed by atoms with Gasteiger partial charge in [-0.15, -0.1) is 11.3 Å². The van der Waals surface area contributed by atoms with Crippen LogP contribution in [0.3, 0.4) is 0 Å². The Hall–Kier alpha value is -2.71. The molecule has 7 nitrogen and oxygen atoms in total. The number of hydrogen-bond donors (Lipinski definition) is 3. The number of aromatic nitrogens is 2. The molecule has 1 amide bonds. The number of carbonyl (C=O) groups excluding carboxylic acids is 2. The summed E-state index contributed by atoms with van der Waals surface area (Å²) in [6.45, 7) is 6.56. The van der Waals surface area contributed by atoms with Gasteiger partial charge in [0.1, 0.15) is 16.7 Å². The minimum absolute atomic E-state index is 0.206. The number of fused-ring (bicyclic) bond motifs is 1. The topological polar surface area (TPSA) is 110 Å². The molecule has 0 aliphatic carbocycles. The molecule has 1 aromatic carbocycles. The van der Waals surface area contributed by atoms with Crippen molar-refractivity contribution in [2.45, 2.75) is 58.5 Å². The van der Waals surface area contributed by atoms with E-state index in [1.165, 1.54) is 11.3 Å². The largest absolute Gasteiger partial charge is 0.464 e. The summed E-state index contributed by atoms with van der Waals surface area (Å²) in [4.78, 5) is 33.3. The van der Waals surface area contributed by atoms with Gasteiger partial charge in [0.15, 0.2) is 0 Å². The fourth-order valence-electron chi connectivity index (χ4n) is 3.53. The minimum Gasteiger partial charge on any atom is -0.464 e. The molecule has 0 bridgehead atoms. The Labute approximate surface area is 192 Å². The maximum Gasteiger partial charge on any atom is 0.328 e. The highest BCUT2D eigenvalue weighted by atomic mass is 32.1. The number of amides is 1. The average Bonchev–Trinajstić information content (AvgIpc) is 3.41. The van der Waals surface area contributed by atoms with Gasteiger partial charge in [0.25, 0.3) is 5.91 Å². The molecule has 2 unspecified atom stereocenters. The normalized spacial score (nSPS) is 13.3. The Kier molecular flexibility index (Phi) is 8.41. The summed E-state index contributed by atoms with van der Waals surface area (Å²) in [5, 5.41) is 6.26. The number of rotatable bonds is 11. The molecule has 172 valence electrons. The Morgan fingerprint density at radius 3 is 2.81 bits per heavy atom. The molecule has 2 atom stereocenters. The van der Waals surface area contributed by atoms with Crippen LogP contribution in [0.5, 0.6) is 0 Å². The SMILES string of the molecule is CCCCOC(=O)C(Cc1c[nH]c2ccccc12)NC(=O)c1csc(C(N)CC(C)C)n1. The molecule has 0 saturated carbocycles. The molecule has 4 N–H and O–H groups in total. The minimum atomic E-state index is -0.812. The number of carbonyl (C=O) groups is 2. The van der Waals surface area contributed by atoms with Crippen LogP contribution in [0, 0.1) is 5.92 Å². The van der Waals surface area contributed by atoms with E-state index in [4.69, 9.17) is 10.5 Å². The highest BCUT2D eigenvalue weighted by Gasteiger charge is 2.26. The van der Waals surface area contributed by atoms with Crippen LogP contribution >= 0.6 is 11.3 Å². The molecule has 2 aromatic heterocycles. The second-order valence-electron chi connectivity index (χ2n) is 8.42. The zero-order valence-corrected chi connectivity index (χ0v) is 19.7. The summed E-state index contributed by atoms with van der Waals surface area (Å²) in [7, 11) is 0. The van der Waals surface area contributed by atoms with Crippen molar-refractivity contribution in [1.29, 1.82) is 0 Å². The van der Waals surface area contributed by atoms with Gasteiger partial charge in [0.05, 0.1) is 12.6 Å². The first kappa shape index (κ1) is 23.9. The predicted octanol–water partition coefficient (Wildman–Crippen LogP) is 4.35. The molecule has 0 radical (unpaired) electrons. The smallest absolute Gasteiger partial charge is 0.328 e. The third-order valence-corrected chi connectivity index (χ3v) is 6.20. The average molecular weight is 457 g/mol. The molecular formula is C24H32N4O3S. The number of unbranched alkanes of at least 4 members (excludes halogenated alkanes) is 1. The zero-order valence-electron chi connectivity index (χ0n) is 18.9. The molecule has 32 heavy (non-hydrogen) atoms. The second kappa shape index (κ2) is 11.2. The zero-order chi connectivity index (χ0) is 23.1. The number of thiazole rings is 1. The molecule has 0 saturated heterocycles. The number of nitrogens with one attached hydrogen (secondary N) is 2. The summed E-state index contributed by atoms with van der Waals surface area (Å²) in [6, 6.07) is 6.85. The van der Waals surface area contributed by atoms with Gasteiger partial charge in [-0.1, -0.05) is 45.4 Å². The lowest BCUT2D eigenvalue weighted by Crippen LogP contribution is -2.43. The third-order valence-electron chi connectivity index (χ3n) is 5.23. The van der Waals surface area contributed by atoms with Crippen LogP contribution in [-0.2, 0) is 16.0 Å². The highest BCUT2D eigenvalue weighted by Crippen LogP contribution is 2.23. The van der Waals surface area contributed by atoms with E-state index in [0.29, 0.717) is 18.9 Å². The number of hydrogen-bond acceptors (Lipinski definition) is 6. The molecule has 0 aliphatic rings. The van der Waals surface area contributed by atoms with Gasteiger partial charge in [-0.25, -0.2) is 9.78 Å². The van der Waals surface area contributed by atoms with Crippen LogP contribution in [0.25, 0.3) is 10.9 Å². The van der Waals surface area contributed by atoms with Crippen LogP contribution in [0.1, 0.15) is 67.1 Å². The first-order chi connectivity index (χ1) is 15.4. The Balaban J connectivity index is 1.75. The van der Waals surface area contributed by atoms with Crippen LogP contribution in [0.15, 0.2) is 35.8 Å². The fraction of sp³-hybridized carbons (Fsp3) is 0.458. The van der Waals surface area contributed by atoms with Crippen molar-refractivity contribution >= 4 is 34.1 Å². The van der Waals surface area contributed by atoms with Crippen LogP contribution in [0.2, 0.25) is 0 Å². The molecule has 0 fully saturated rings. The van der Waals surface area contributed by atoms with E-state index in [0.717, 1.165) is 40.7 Å². The molecule has 3 aromatic rings. The van der Waals surface area contributed by atoms with E-state index in [-0.39, 0.29) is 11.7 Å². The number of aromatic amines is 1. The number of ether oxygens (including phenoxy) is 1. The number of esters is 1. The number of nitrogens with zero attached hydrogens (tertiary/aromatic N) is 1. The van der Waals surface area contributed by atoms with Gasteiger partial charge < -0.3 is 20.8 Å². The lowest BCUT2D eigenvalue weighted by atomic mass is 10.0. The van der Waals surface area contributed by atoms with Crippen molar-refractivity contribution in [2.75, 3.05) is 6.61 Å². The van der Waals surface area contributed by atoms with Gasteiger partial charge in [-0.05, 0) is 30.4 Å². The van der Waals surface area contributed by atoms with Gasteiger partial charge in [0.2, 0.25) is 0 Å². The van der Waals surface area contributed by atoms with Gasteiger partial charge in [-0.2, -0.15) is 0 Å². The monoisotopic (exact) mass is 456 g/mol. The molecule has 3 rings (SSSR count). The first-order valence-electron chi connectivity index (χ1n) is 11.1. The Bertz CT molecular complexity index is 1040. The molecule has 2 heterocycles. The third kappa shape index (κ3) is 6.17. The lowest BCUT2D eigenvalue weighted by molar-refractivity contribution is -0.146. The summed E-state index contributed by atoms with van der Waals surface area (Å²) in [5.41, 5.74) is 8.40. The first-order valence-corrected chi connectivity index (χ1v) is 12.0. The quantitative estimate of drug-likeness (QED) is 0.293. The predicted molar refractivity (Wildman–Crippen MR) is 128 cm³/mol. The van der Waals surface area contributed by atoms with Crippen molar-refractivity contribution in [2.24, 2.45) is 11.7 Å². The number of benzene rings is 1. The van der Waals surface area contributed by atoms with E-state index < -0.39 is 17.9 Å². The van der Waals surface area contributed by atoms with Crippen molar-refractivity contribution in [3.05, 3.63) is 52.1 Å². The van der Waals surface area contributed by atoms with E-state index in [2.05, 4.69) is 29.1 Å². The summed E-state index contributed by atoms with van der Waals surface area (Å²) >= 11 is 1.37. The van der Waals surface area contributed by atoms with Crippen LogP contribution in [0.4, 0.5) is 0 Å². The van der Waals surface area contributed by atoms with Crippen LogP contribution in [-0.4, -0.2) is 34.5 Å². The lowest BCUT2D eigenvalue weighted by Gasteiger charge is -2.17. The number of nitrogens with two attached hydrogens (primary N) is 1. The standard InChI is InChI=1S/C24H32N4O3S/c1-4-5-10-31-24(30)20(12-16-13-26-19-9-7-6-8-17(16)19)27-22(29)21-14-32-23(28-21)18(25)11-15(2)3/h6-9,13-15,18,20,26H,4-5,10-12,25H2,1-3H3,(H,27,29). The highest BCUT2D eigenvalue weighted by molar-refractivity contribution is 7.09. The van der Waals surface area contributed by atoms with E-state index >= 15 is 0 Å². The maximum atomic E-state index is 12.9. The fourth-order valence-corrected chi connectivity index (χ4v) is 4.35. The summed E-state index contributed by atoms with van der Waals surface area (Å²) < 4.78 is 5.43. The van der Waals surface area contributed by atoms with Gasteiger partial charge >= 0.3 is 5.97 Å². The van der Waals surface area contributed by atoms with Gasteiger partial charge in [-0.3, -0.25) is 4.79 Å². The van der Waals surface area contributed by atoms with Crippen molar-refractivity contribution < 1.29 is 14.3 Å². The number of H-pyrrole nitrogens is 1. The van der Waals surface area contributed by atoms with Crippen LogP contribution < -0.4 is 11.1 Å². The van der Waals surface area contributed by atoms with Crippen molar-refractivity contribution in [3.63, 3.8) is 0 Å². The van der Waals surface area contributed by atoms with E-state index in [9.17, 15) is 9.59 Å². The van der Waals surface area contributed by atoms with E-state index in [1.54, 1.807) is 5.38 Å². The molecular weight excluding hydrogens is 424 g/mol. The number of para-hydroxylation sites is 1. The van der Waals surface area contributed by atoms with Gasteiger partial charge in [0, 0.05) is 28.9 Å². The Morgan fingerprint density at radius 1 is 1.28 bits per heavy atom. The molecule has 0 spiro atoms. The summed E-state index contributed by atoms with van der Waals surface area (Å²) in [6.07, 6.45) is 4.69. The Morgan fingerprint density at radius 2 is 2.06 bits per heavy atom. The van der Waals surface area contributed by atoms with E-state index in [1.807, 2.05) is 37.4 Å². The second-order valence-corrected chi connectivity index (χ2v) is 9.31. The van der Waals surface area contributed by atoms with Crippen molar-refractivity contribution in [1.82, 2.24) is 15.3 Å². The molecule has 8 heteroatoms. The van der Waals surface area contributed by atoms with Crippen molar-refractivity contribution in [3.8, 4) is 0 Å². The maximum absolute atomic E-state index is 12.9. The summed E-state index contributed by atoms with van der Waals surface area (Å²) in [5.74, 6) is -0.407.